The van der Waals surface area contributed by atoms with Crippen LogP contribution in [-0.4, -0.2) is 24.6 Å². The highest BCUT2D eigenvalue weighted by Gasteiger charge is 2.18. The summed E-state index contributed by atoms with van der Waals surface area (Å²) < 4.78 is 10.6. The van der Waals surface area contributed by atoms with Gasteiger partial charge in [-0.2, -0.15) is 0 Å². The van der Waals surface area contributed by atoms with E-state index in [4.69, 9.17) is 32.7 Å². The molecule has 142 valence electrons. The Bertz CT molecular complexity index is 852. The molecule has 5 nitrogen and oxygen atoms in total. The van der Waals surface area contributed by atoms with Crippen molar-refractivity contribution in [1.29, 1.82) is 0 Å². The maximum atomic E-state index is 12.2. The molecule has 0 saturated heterocycles. The zero-order valence-electron chi connectivity index (χ0n) is 14.9. The van der Waals surface area contributed by atoms with Crippen molar-refractivity contribution in [2.75, 3.05) is 11.9 Å². The number of nitrogens with one attached hydrogen (secondary N) is 1. The molecule has 1 N–H and O–H groups in total. The van der Waals surface area contributed by atoms with Gasteiger partial charge < -0.3 is 14.8 Å². The highest BCUT2D eigenvalue weighted by Crippen LogP contribution is 2.25. The molecule has 0 radical (unpaired) electrons. The molecule has 0 heterocycles. The summed E-state index contributed by atoms with van der Waals surface area (Å²) in [6.07, 6.45) is 1.82. The Morgan fingerprint density at radius 2 is 1.93 bits per heavy atom. The van der Waals surface area contributed by atoms with Crippen molar-refractivity contribution in [3.05, 3.63) is 64.1 Å². The summed E-state index contributed by atoms with van der Waals surface area (Å²) in [5.74, 6) is -0.492. The minimum atomic E-state index is -1.00. The Morgan fingerprint density at radius 3 is 2.63 bits per heavy atom. The van der Waals surface area contributed by atoms with Gasteiger partial charge in [0.05, 0.1) is 17.3 Å². The van der Waals surface area contributed by atoms with E-state index in [1.165, 1.54) is 19.1 Å². The molecule has 7 heteroatoms. The van der Waals surface area contributed by atoms with Crippen molar-refractivity contribution in [1.82, 2.24) is 0 Å². The van der Waals surface area contributed by atoms with Gasteiger partial charge in [-0.1, -0.05) is 41.4 Å². The molecule has 0 aliphatic heterocycles. The van der Waals surface area contributed by atoms with Gasteiger partial charge in [-0.25, -0.2) is 4.79 Å². The van der Waals surface area contributed by atoms with Crippen LogP contribution in [0.4, 0.5) is 5.69 Å². The number of halogens is 2. The second-order valence-electron chi connectivity index (χ2n) is 5.50. The Hall–Kier alpha value is -2.50. The number of anilines is 1. The number of carbonyl (C=O) groups excluding carboxylic acids is 2. The topological polar surface area (TPSA) is 64.6 Å². The van der Waals surface area contributed by atoms with E-state index in [-0.39, 0.29) is 0 Å². The third-order valence-electron chi connectivity index (χ3n) is 3.47. The van der Waals surface area contributed by atoms with Gasteiger partial charge >= 0.3 is 5.97 Å². The van der Waals surface area contributed by atoms with Crippen LogP contribution in [0.2, 0.25) is 10.0 Å². The Kier molecular flexibility index (Phi) is 7.70. The van der Waals surface area contributed by atoms with Gasteiger partial charge in [0.2, 0.25) is 0 Å². The van der Waals surface area contributed by atoms with E-state index in [0.717, 1.165) is 5.56 Å². The first-order valence-electron chi connectivity index (χ1n) is 8.27. The van der Waals surface area contributed by atoms with E-state index in [2.05, 4.69) is 5.32 Å². The lowest BCUT2D eigenvalue weighted by Gasteiger charge is -2.13. The number of benzene rings is 2. The molecule has 0 unspecified atom stereocenters. The lowest BCUT2D eigenvalue weighted by Crippen LogP contribution is -2.29. The summed E-state index contributed by atoms with van der Waals surface area (Å²) >= 11 is 11.8. The lowest BCUT2D eigenvalue weighted by atomic mass is 10.2. The highest BCUT2D eigenvalue weighted by atomic mass is 35.5. The molecule has 0 saturated carbocycles. The van der Waals surface area contributed by atoms with Gasteiger partial charge in [0.1, 0.15) is 5.75 Å². The fraction of sp³-hybridized carbons (Fsp3) is 0.200. The SMILES string of the molecule is CCOc1ccccc1/C=C/C(=O)O[C@H](C)C(=O)Nc1ccc(Cl)cc1Cl. The molecule has 0 bridgehead atoms. The maximum absolute atomic E-state index is 12.2. The van der Waals surface area contributed by atoms with Gasteiger partial charge in [-0.05, 0) is 44.2 Å². The molecule has 2 aromatic carbocycles. The standard InChI is InChI=1S/C20H19Cl2NO4/c1-3-26-18-7-5-4-6-14(18)8-11-19(24)27-13(2)20(25)23-17-10-9-15(21)12-16(17)22/h4-13H,3H2,1-2H3,(H,23,25)/b11-8+/t13-/m1/s1. The Morgan fingerprint density at radius 1 is 1.19 bits per heavy atom. The quantitative estimate of drug-likeness (QED) is 0.519. The van der Waals surface area contributed by atoms with Crippen LogP contribution >= 0.6 is 23.2 Å². The Labute approximate surface area is 167 Å². The van der Waals surface area contributed by atoms with E-state index >= 15 is 0 Å². The maximum Gasteiger partial charge on any atom is 0.331 e. The van der Waals surface area contributed by atoms with Crippen molar-refractivity contribution in [3.63, 3.8) is 0 Å². The third kappa shape index (κ3) is 6.31. The van der Waals surface area contributed by atoms with Gasteiger partial charge in [-0.15, -0.1) is 0 Å². The normalized spacial score (nSPS) is 11.9. The van der Waals surface area contributed by atoms with E-state index in [1.807, 2.05) is 25.1 Å². The fourth-order valence-electron chi connectivity index (χ4n) is 2.16. The highest BCUT2D eigenvalue weighted by molar-refractivity contribution is 6.36. The summed E-state index contributed by atoms with van der Waals surface area (Å²) in [4.78, 5) is 24.2. The zero-order chi connectivity index (χ0) is 19.8. The number of para-hydroxylation sites is 1. The van der Waals surface area contributed by atoms with Crippen LogP contribution in [0.3, 0.4) is 0 Å². The summed E-state index contributed by atoms with van der Waals surface area (Å²) in [6.45, 7) is 3.86. The first kappa shape index (κ1) is 20.8. The van der Waals surface area contributed by atoms with Crippen LogP contribution in [0.15, 0.2) is 48.5 Å². The van der Waals surface area contributed by atoms with Crippen LogP contribution in [-0.2, 0) is 14.3 Å². The van der Waals surface area contributed by atoms with Gasteiger partial charge in [0, 0.05) is 16.7 Å². The van der Waals surface area contributed by atoms with Crippen LogP contribution in [0.25, 0.3) is 6.08 Å². The molecule has 0 aliphatic rings. The van der Waals surface area contributed by atoms with Crippen molar-refractivity contribution in [2.45, 2.75) is 20.0 Å². The predicted molar refractivity (Wildman–Crippen MR) is 107 cm³/mol. The number of carbonyl (C=O) groups is 2. The van der Waals surface area contributed by atoms with Gasteiger partial charge in [0.25, 0.3) is 5.91 Å². The molecule has 1 atom stereocenters. The molecule has 0 aliphatic carbocycles. The van der Waals surface area contributed by atoms with E-state index < -0.39 is 18.0 Å². The molecule has 0 spiro atoms. The number of hydrogen-bond donors (Lipinski definition) is 1. The zero-order valence-corrected chi connectivity index (χ0v) is 16.4. The van der Waals surface area contributed by atoms with Crippen LogP contribution in [0.1, 0.15) is 19.4 Å². The van der Waals surface area contributed by atoms with E-state index in [1.54, 1.807) is 24.3 Å². The largest absolute Gasteiger partial charge is 0.493 e. The van der Waals surface area contributed by atoms with Gasteiger partial charge in [-0.3, -0.25) is 4.79 Å². The van der Waals surface area contributed by atoms with Crippen LogP contribution < -0.4 is 10.1 Å². The summed E-state index contributed by atoms with van der Waals surface area (Å²) in [7, 11) is 0. The smallest absolute Gasteiger partial charge is 0.331 e. The average molecular weight is 408 g/mol. The van der Waals surface area contributed by atoms with Crippen molar-refractivity contribution >= 4 is 46.8 Å². The minimum Gasteiger partial charge on any atom is -0.493 e. The first-order valence-corrected chi connectivity index (χ1v) is 9.02. The van der Waals surface area contributed by atoms with Crippen LogP contribution in [0.5, 0.6) is 5.75 Å². The second-order valence-corrected chi connectivity index (χ2v) is 6.34. The molecule has 0 fully saturated rings. The molecular weight excluding hydrogens is 389 g/mol. The summed E-state index contributed by atoms with van der Waals surface area (Å²) in [5, 5.41) is 3.34. The number of rotatable bonds is 7. The predicted octanol–water partition coefficient (Wildman–Crippen LogP) is 4.98. The fourth-order valence-corrected chi connectivity index (χ4v) is 2.61. The number of amides is 1. The third-order valence-corrected chi connectivity index (χ3v) is 4.02. The van der Waals surface area contributed by atoms with Crippen molar-refractivity contribution in [2.24, 2.45) is 0 Å². The van der Waals surface area contributed by atoms with Gasteiger partial charge in [0.15, 0.2) is 6.10 Å². The summed E-state index contributed by atoms with van der Waals surface area (Å²) in [6, 6.07) is 12.0. The molecule has 2 rings (SSSR count). The number of esters is 1. The first-order chi connectivity index (χ1) is 12.9. The Balaban J connectivity index is 1.95. The minimum absolute atomic E-state index is 0.293. The number of hydrogen-bond acceptors (Lipinski definition) is 4. The number of ether oxygens (including phenoxy) is 2. The molecule has 27 heavy (non-hydrogen) atoms. The lowest BCUT2D eigenvalue weighted by molar-refractivity contribution is -0.148. The van der Waals surface area contributed by atoms with Crippen molar-refractivity contribution < 1.29 is 19.1 Å². The summed E-state index contributed by atoms with van der Waals surface area (Å²) in [5.41, 5.74) is 1.12. The molecule has 1 amide bonds. The van der Waals surface area contributed by atoms with Crippen LogP contribution in [0, 0.1) is 0 Å². The second kappa shape index (κ2) is 10.00. The van der Waals surface area contributed by atoms with E-state index in [9.17, 15) is 9.59 Å². The molecular formula is C20H19Cl2NO4. The van der Waals surface area contributed by atoms with Crippen molar-refractivity contribution in [3.8, 4) is 5.75 Å². The van der Waals surface area contributed by atoms with E-state index in [0.29, 0.717) is 28.1 Å². The molecule has 2 aromatic rings. The average Bonchev–Trinajstić information content (AvgIpc) is 2.63. The monoisotopic (exact) mass is 407 g/mol. The molecule has 0 aromatic heterocycles.